The van der Waals surface area contributed by atoms with Crippen molar-refractivity contribution in [2.45, 2.75) is 38.0 Å². The largest absolute Gasteiger partial charge is 0.481 e. The molecule has 0 saturated heterocycles. The van der Waals surface area contributed by atoms with Gasteiger partial charge in [0.1, 0.15) is 6.61 Å². The molecule has 34 heavy (non-hydrogen) atoms. The van der Waals surface area contributed by atoms with Crippen molar-refractivity contribution in [2.24, 2.45) is 5.41 Å². The van der Waals surface area contributed by atoms with Gasteiger partial charge in [-0.25, -0.2) is 4.79 Å². The van der Waals surface area contributed by atoms with E-state index in [9.17, 15) is 19.5 Å². The number of nitrogens with one attached hydrogen (secondary N) is 2. The van der Waals surface area contributed by atoms with Crippen molar-refractivity contribution in [2.75, 3.05) is 19.7 Å². The summed E-state index contributed by atoms with van der Waals surface area (Å²) < 4.78 is 5.46. The van der Waals surface area contributed by atoms with Crippen LogP contribution in [0, 0.1) is 5.41 Å². The lowest BCUT2D eigenvalue weighted by Crippen LogP contribution is -2.44. The Balaban J connectivity index is 1.22. The second-order valence-electron chi connectivity index (χ2n) is 8.97. The number of amides is 2. The number of carboxylic acids is 1. The highest BCUT2D eigenvalue weighted by atomic mass is 16.5. The lowest BCUT2D eigenvalue weighted by atomic mass is 9.74. The number of carboxylic acid groups (broad SMARTS) is 1. The van der Waals surface area contributed by atoms with Gasteiger partial charge >= 0.3 is 12.1 Å². The Morgan fingerprint density at radius 2 is 1.56 bits per heavy atom. The number of hydrogen-bond donors (Lipinski definition) is 3. The molecule has 178 valence electrons. The van der Waals surface area contributed by atoms with E-state index in [0.29, 0.717) is 12.8 Å². The van der Waals surface area contributed by atoms with Crippen LogP contribution in [-0.4, -0.2) is 42.8 Å². The summed E-state index contributed by atoms with van der Waals surface area (Å²) in [7, 11) is 0. The van der Waals surface area contributed by atoms with Crippen LogP contribution in [0.5, 0.6) is 0 Å². The highest BCUT2D eigenvalue weighted by molar-refractivity contribution is 5.88. The fourth-order valence-corrected chi connectivity index (χ4v) is 4.97. The first-order valence-electron chi connectivity index (χ1n) is 11.8. The summed E-state index contributed by atoms with van der Waals surface area (Å²) in [6.45, 7) is 0.473. The molecule has 0 bridgehead atoms. The minimum Gasteiger partial charge on any atom is -0.481 e. The molecule has 0 heterocycles. The number of ether oxygens (including phenoxy) is 1. The molecule has 0 aromatic heterocycles. The molecule has 0 unspecified atom stereocenters. The van der Waals surface area contributed by atoms with Gasteiger partial charge in [-0.15, -0.1) is 0 Å². The summed E-state index contributed by atoms with van der Waals surface area (Å²) in [5.74, 6) is -1.24. The molecular formula is C27H30N2O5. The summed E-state index contributed by atoms with van der Waals surface area (Å²) in [6.07, 6.45) is 6.19. The summed E-state index contributed by atoms with van der Waals surface area (Å²) in [5.41, 5.74) is 3.75. The van der Waals surface area contributed by atoms with Crippen LogP contribution in [0.1, 0.15) is 49.1 Å². The topological polar surface area (TPSA) is 105 Å². The molecule has 7 nitrogen and oxygen atoms in total. The number of aliphatic carboxylic acids is 1. The minimum atomic E-state index is -0.874. The zero-order valence-corrected chi connectivity index (χ0v) is 19.1. The van der Waals surface area contributed by atoms with E-state index in [1.54, 1.807) is 0 Å². The molecule has 1 saturated carbocycles. The maximum Gasteiger partial charge on any atom is 0.407 e. The van der Waals surface area contributed by atoms with E-state index in [0.717, 1.165) is 30.4 Å². The molecule has 1 fully saturated rings. The molecule has 2 aliphatic rings. The number of fused-ring (bicyclic) bond motifs is 3. The van der Waals surface area contributed by atoms with Gasteiger partial charge in [0.2, 0.25) is 5.91 Å². The molecule has 2 amide bonds. The predicted octanol–water partition coefficient (Wildman–Crippen LogP) is 4.23. The number of alkyl carbamates (subject to hydrolysis) is 1. The van der Waals surface area contributed by atoms with Crippen LogP contribution in [0.25, 0.3) is 11.1 Å². The highest BCUT2D eigenvalue weighted by Crippen LogP contribution is 2.44. The van der Waals surface area contributed by atoms with E-state index in [1.807, 2.05) is 24.3 Å². The Morgan fingerprint density at radius 3 is 2.18 bits per heavy atom. The normalized spacial score (nSPS) is 16.5. The molecule has 2 aliphatic carbocycles. The van der Waals surface area contributed by atoms with E-state index < -0.39 is 17.5 Å². The number of benzene rings is 2. The Labute approximate surface area is 199 Å². The molecule has 0 radical (unpaired) electrons. The number of carbonyl (C=O) groups is 3. The van der Waals surface area contributed by atoms with Crippen LogP contribution in [0.2, 0.25) is 0 Å². The van der Waals surface area contributed by atoms with Crippen molar-refractivity contribution in [3.63, 3.8) is 0 Å². The predicted molar refractivity (Wildman–Crippen MR) is 128 cm³/mol. The van der Waals surface area contributed by atoms with E-state index >= 15 is 0 Å². The zero-order chi connectivity index (χ0) is 24.0. The van der Waals surface area contributed by atoms with Gasteiger partial charge in [-0.2, -0.15) is 0 Å². The monoisotopic (exact) mass is 462 g/mol. The van der Waals surface area contributed by atoms with Crippen molar-refractivity contribution in [1.82, 2.24) is 10.6 Å². The first kappa shape index (κ1) is 23.5. The van der Waals surface area contributed by atoms with E-state index in [-0.39, 0.29) is 31.5 Å². The smallest absolute Gasteiger partial charge is 0.407 e. The molecule has 3 N–H and O–H groups in total. The fourth-order valence-electron chi connectivity index (χ4n) is 4.97. The van der Waals surface area contributed by atoms with Gasteiger partial charge in [0.15, 0.2) is 0 Å². The molecule has 7 heteroatoms. The first-order chi connectivity index (χ1) is 16.5. The lowest BCUT2D eigenvalue weighted by molar-refractivity contribution is -0.150. The maximum atomic E-state index is 12.2. The summed E-state index contributed by atoms with van der Waals surface area (Å²) >= 11 is 0. The second-order valence-corrected chi connectivity index (χ2v) is 8.97. The molecule has 4 rings (SSSR count). The third-order valence-electron chi connectivity index (χ3n) is 6.84. The molecule has 2 aromatic rings. The summed E-state index contributed by atoms with van der Waals surface area (Å²) in [6, 6.07) is 16.3. The van der Waals surface area contributed by atoms with E-state index in [4.69, 9.17) is 4.74 Å². The van der Waals surface area contributed by atoms with Crippen molar-refractivity contribution >= 4 is 18.0 Å². The maximum absolute atomic E-state index is 12.2. The van der Waals surface area contributed by atoms with Crippen LogP contribution in [0.4, 0.5) is 4.79 Å². The van der Waals surface area contributed by atoms with E-state index in [1.165, 1.54) is 23.3 Å². The van der Waals surface area contributed by atoms with Crippen LogP contribution < -0.4 is 10.6 Å². The zero-order valence-electron chi connectivity index (χ0n) is 19.1. The quantitative estimate of drug-likeness (QED) is 0.509. The van der Waals surface area contributed by atoms with Crippen LogP contribution in [0.15, 0.2) is 60.7 Å². The van der Waals surface area contributed by atoms with Gasteiger partial charge in [0.05, 0.1) is 5.41 Å². The average molecular weight is 463 g/mol. The standard InChI is InChI=1S/C27H30N2O5/c30-24(29-18-27(25(31)32)14-6-1-7-15-27)13-8-16-28-26(33)34-17-23-21-11-4-2-9-19(21)20-10-3-5-12-22(20)23/h2-5,8-13,23H,1,6-7,14-18H2,(H,28,33)(H,29,30)(H,31,32)/b13-8+. The van der Waals surface area contributed by atoms with Gasteiger partial charge < -0.3 is 20.5 Å². The van der Waals surface area contributed by atoms with Crippen molar-refractivity contribution in [3.05, 3.63) is 71.8 Å². The van der Waals surface area contributed by atoms with Crippen LogP contribution in [0.3, 0.4) is 0 Å². The third kappa shape index (κ3) is 5.14. The number of carbonyl (C=O) groups excluding carboxylic acids is 2. The fraction of sp³-hybridized carbons (Fsp3) is 0.370. The summed E-state index contributed by atoms with van der Waals surface area (Å²) in [4.78, 5) is 36.0. The SMILES string of the molecule is O=C(/C=C/CNC(=O)OCC1c2ccccc2-c2ccccc21)NCC1(C(=O)O)CCCCC1. The molecule has 0 spiro atoms. The Morgan fingerprint density at radius 1 is 0.941 bits per heavy atom. The average Bonchev–Trinajstić information content (AvgIpc) is 3.18. The second kappa shape index (κ2) is 10.5. The van der Waals surface area contributed by atoms with Crippen molar-refractivity contribution in [3.8, 4) is 11.1 Å². The number of rotatable bonds is 8. The third-order valence-corrected chi connectivity index (χ3v) is 6.84. The van der Waals surface area contributed by atoms with E-state index in [2.05, 4.69) is 34.9 Å². The van der Waals surface area contributed by atoms with Crippen LogP contribution >= 0.6 is 0 Å². The van der Waals surface area contributed by atoms with Gasteiger partial charge in [0.25, 0.3) is 0 Å². The first-order valence-corrected chi connectivity index (χ1v) is 11.8. The number of hydrogen-bond acceptors (Lipinski definition) is 4. The molecule has 0 aliphatic heterocycles. The Hall–Kier alpha value is -3.61. The summed E-state index contributed by atoms with van der Waals surface area (Å²) in [5, 5.41) is 14.9. The van der Waals surface area contributed by atoms with Gasteiger partial charge in [-0.05, 0) is 35.1 Å². The van der Waals surface area contributed by atoms with Crippen molar-refractivity contribution in [1.29, 1.82) is 0 Å². The molecule has 0 atom stereocenters. The van der Waals surface area contributed by atoms with Gasteiger partial charge in [-0.1, -0.05) is 73.9 Å². The lowest BCUT2D eigenvalue weighted by Gasteiger charge is -2.33. The molecule has 2 aromatic carbocycles. The van der Waals surface area contributed by atoms with Crippen LogP contribution in [-0.2, 0) is 14.3 Å². The van der Waals surface area contributed by atoms with Gasteiger partial charge in [-0.3, -0.25) is 9.59 Å². The highest BCUT2D eigenvalue weighted by Gasteiger charge is 2.39. The minimum absolute atomic E-state index is 0.0131. The Bertz CT molecular complexity index is 1040. The Kier molecular flexibility index (Phi) is 7.30. The molecular weight excluding hydrogens is 432 g/mol. The van der Waals surface area contributed by atoms with Crippen molar-refractivity contribution < 1.29 is 24.2 Å². The van der Waals surface area contributed by atoms with Gasteiger partial charge in [0, 0.05) is 25.1 Å².